The number of rotatable bonds is 5. The largest absolute Gasteiger partial charge is 0.348 e. The first-order valence-electron chi connectivity index (χ1n) is 9.13. The molecule has 146 valence electrons. The number of aromatic amines is 1. The second-order valence-corrected chi connectivity index (χ2v) is 9.23. The highest BCUT2D eigenvalue weighted by Crippen LogP contribution is 2.30. The fourth-order valence-electron chi connectivity index (χ4n) is 3.77. The van der Waals surface area contributed by atoms with Crippen molar-refractivity contribution in [1.29, 1.82) is 0 Å². The van der Waals surface area contributed by atoms with Gasteiger partial charge >= 0.3 is 0 Å². The number of aryl methyl sites for hydroxylation is 2. The zero-order valence-electron chi connectivity index (χ0n) is 15.8. The summed E-state index contributed by atoms with van der Waals surface area (Å²) in [7, 11) is -2.43. The van der Waals surface area contributed by atoms with E-state index in [1.165, 1.54) is 12.6 Å². The smallest absolute Gasteiger partial charge is 0.245 e. The van der Waals surface area contributed by atoms with E-state index in [0.717, 1.165) is 33.7 Å². The molecule has 2 N–H and O–H groups in total. The number of benzene rings is 2. The van der Waals surface area contributed by atoms with Crippen LogP contribution in [0.25, 0.3) is 10.9 Å². The minimum Gasteiger partial charge on any atom is -0.348 e. The summed E-state index contributed by atoms with van der Waals surface area (Å²) in [5.41, 5.74) is 3.60. The molecule has 0 bridgehead atoms. The van der Waals surface area contributed by atoms with E-state index in [2.05, 4.69) is 21.6 Å². The summed E-state index contributed by atoms with van der Waals surface area (Å²) in [6.45, 7) is 1.58. The van der Waals surface area contributed by atoms with Crippen molar-refractivity contribution >= 4 is 26.8 Å². The molecule has 1 heterocycles. The van der Waals surface area contributed by atoms with Gasteiger partial charge in [0.1, 0.15) is 4.90 Å². The van der Waals surface area contributed by atoms with E-state index in [4.69, 9.17) is 0 Å². The number of hydrogen-bond donors (Lipinski definition) is 2. The number of carbonyl (C=O) groups excluding carboxylic acids is 1. The number of likely N-dealkylation sites (N-methyl/N-ethyl adjacent to an activating group) is 1. The summed E-state index contributed by atoms with van der Waals surface area (Å²) in [6.07, 6.45) is 3.33. The summed E-state index contributed by atoms with van der Waals surface area (Å²) < 4.78 is 27.2. The van der Waals surface area contributed by atoms with Gasteiger partial charge in [0.2, 0.25) is 15.9 Å². The maximum atomic E-state index is 13.1. The van der Waals surface area contributed by atoms with Gasteiger partial charge in [0, 0.05) is 12.4 Å². The van der Waals surface area contributed by atoms with Crippen molar-refractivity contribution in [2.24, 2.45) is 0 Å². The van der Waals surface area contributed by atoms with E-state index >= 15 is 0 Å². The molecule has 1 aliphatic rings. The third-order valence-corrected chi connectivity index (χ3v) is 7.01. The van der Waals surface area contributed by atoms with Crippen LogP contribution in [-0.4, -0.2) is 42.4 Å². The Kier molecular flexibility index (Phi) is 4.68. The zero-order valence-corrected chi connectivity index (χ0v) is 16.6. The molecule has 0 fully saturated rings. The van der Waals surface area contributed by atoms with Crippen LogP contribution < -0.4 is 5.32 Å². The molecule has 1 atom stereocenters. The van der Waals surface area contributed by atoms with Crippen molar-refractivity contribution in [2.45, 2.75) is 30.7 Å². The van der Waals surface area contributed by atoms with Gasteiger partial charge in [-0.3, -0.25) is 9.89 Å². The highest BCUT2D eigenvalue weighted by Gasteiger charge is 2.28. The molecule has 1 amide bonds. The van der Waals surface area contributed by atoms with Crippen LogP contribution in [0, 0.1) is 6.92 Å². The standard InChI is InChI=1S/C20H22N4O3S/c1-13-9-15-11-21-23-20(15)18(10-13)28(26,27)24(2)12-19(25)22-17-8-7-14-5-3-4-6-16(14)17/h3-6,9-11,17H,7-8,12H2,1-2H3,(H,21,23)(H,22,25)/t17-/m1/s1. The normalized spacial score (nSPS) is 16.5. The lowest BCUT2D eigenvalue weighted by Crippen LogP contribution is -2.39. The highest BCUT2D eigenvalue weighted by atomic mass is 32.2. The summed E-state index contributed by atoms with van der Waals surface area (Å²) in [5.74, 6) is -0.318. The summed E-state index contributed by atoms with van der Waals surface area (Å²) in [5, 5.41) is 10.4. The number of nitrogens with one attached hydrogen (secondary N) is 2. The Balaban J connectivity index is 1.52. The number of amides is 1. The lowest BCUT2D eigenvalue weighted by Gasteiger charge is -2.20. The number of aromatic nitrogens is 2. The molecule has 0 saturated heterocycles. The van der Waals surface area contributed by atoms with E-state index < -0.39 is 10.0 Å². The van der Waals surface area contributed by atoms with Crippen molar-refractivity contribution in [1.82, 2.24) is 19.8 Å². The Morgan fingerprint density at radius 1 is 1.32 bits per heavy atom. The van der Waals surface area contributed by atoms with Crippen LogP contribution in [0.1, 0.15) is 29.2 Å². The average molecular weight is 398 g/mol. The van der Waals surface area contributed by atoms with Gasteiger partial charge in [-0.05, 0) is 48.6 Å². The summed E-state index contributed by atoms with van der Waals surface area (Å²) >= 11 is 0. The summed E-state index contributed by atoms with van der Waals surface area (Å²) in [4.78, 5) is 12.7. The molecule has 28 heavy (non-hydrogen) atoms. The molecule has 1 aromatic heterocycles. The van der Waals surface area contributed by atoms with Crippen molar-refractivity contribution in [2.75, 3.05) is 13.6 Å². The van der Waals surface area contributed by atoms with E-state index in [0.29, 0.717) is 5.52 Å². The van der Waals surface area contributed by atoms with Gasteiger partial charge < -0.3 is 5.32 Å². The predicted molar refractivity (Wildman–Crippen MR) is 106 cm³/mol. The molecule has 0 saturated carbocycles. The monoisotopic (exact) mass is 398 g/mol. The number of nitrogens with zero attached hydrogens (tertiary/aromatic N) is 2. The Morgan fingerprint density at radius 2 is 2.11 bits per heavy atom. The van der Waals surface area contributed by atoms with Crippen molar-refractivity contribution < 1.29 is 13.2 Å². The highest BCUT2D eigenvalue weighted by molar-refractivity contribution is 7.89. The van der Waals surface area contributed by atoms with Gasteiger partial charge in [0.05, 0.1) is 24.3 Å². The third kappa shape index (κ3) is 3.29. The van der Waals surface area contributed by atoms with Crippen LogP contribution >= 0.6 is 0 Å². The van der Waals surface area contributed by atoms with Crippen molar-refractivity contribution in [3.05, 3.63) is 59.3 Å². The van der Waals surface area contributed by atoms with Crippen molar-refractivity contribution in [3.8, 4) is 0 Å². The average Bonchev–Trinajstić information content (AvgIpc) is 3.28. The minimum absolute atomic E-state index is 0.0712. The first-order valence-corrected chi connectivity index (χ1v) is 10.6. The van der Waals surface area contributed by atoms with Gasteiger partial charge in [-0.2, -0.15) is 9.40 Å². The van der Waals surface area contributed by atoms with Gasteiger partial charge in [-0.1, -0.05) is 24.3 Å². The second kappa shape index (κ2) is 7.03. The minimum atomic E-state index is -3.85. The van der Waals surface area contributed by atoms with Crippen LogP contribution in [0.4, 0.5) is 0 Å². The fraction of sp³-hybridized carbons (Fsp3) is 0.300. The van der Waals surface area contributed by atoms with E-state index in [-0.39, 0.29) is 23.4 Å². The molecule has 1 aliphatic carbocycles. The Bertz CT molecular complexity index is 1150. The molecule has 8 heteroatoms. The molecule has 2 aromatic carbocycles. The fourth-order valence-corrected chi connectivity index (χ4v) is 5.15. The van der Waals surface area contributed by atoms with Gasteiger partial charge in [-0.25, -0.2) is 8.42 Å². The molecular formula is C20H22N4O3S. The summed E-state index contributed by atoms with van der Waals surface area (Å²) in [6, 6.07) is 11.4. The van der Waals surface area contributed by atoms with Gasteiger partial charge in [0.25, 0.3) is 0 Å². The SMILES string of the molecule is Cc1cc(S(=O)(=O)N(C)CC(=O)N[C@@H]2CCc3ccccc32)c2[nH]ncc2c1. The molecule has 0 aliphatic heterocycles. The zero-order chi connectivity index (χ0) is 19.9. The van der Waals surface area contributed by atoms with Crippen molar-refractivity contribution in [3.63, 3.8) is 0 Å². The number of sulfonamides is 1. The van der Waals surface area contributed by atoms with E-state index in [1.807, 2.05) is 31.2 Å². The number of H-pyrrole nitrogens is 1. The second-order valence-electron chi connectivity index (χ2n) is 7.22. The molecule has 0 spiro atoms. The lowest BCUT2D eigenvalue weighted by molar-refractivity contribution is -0.121. The molecule has 7 nitrogen and oxygen atoms in total. The number of hydrogen-bond acceptors (Lipinski definition) is 4. The molecule has 4 rings (SSSR count). The quantitative estimate of drug-likeness (QED) is 0.689. The Labute approximate surface area is 163 Å². The van der Waals surface area contributed by atoms with E-state index in [9.17, 15) is 13.2 Å². The maximum Gasteiger partial charge on any atom is 0.245 e. The van der Waals surface area contributed by atoms with Crippen LogP contribution in [-0.2, 0) is 21.2 Å². The first-order chi connectivity index (χ1) is 13.4. The Morgan fingerprint density at radius 3 is 2.93 bits per heavy atom. The van der Waals surface area contributed by atoms with Crippen LogP contribution in [0.2, 0.25) is 0 Å². The topological polar surface area (TPSA) is 95.2 Å². The molecular weight excluding hydrogens is 376 g/mol. The van der Waals surface area contributed by atoms with Crippen LogP contribution in [0.15, 0.2) is 47.5 Å². The Hall–Kier alpha value is -2.71. The van der Waals surface area contributed by atoms with Crippen LogP contribution in [0.5, 0.6) is 0 Å². The molecule has 0 unspecified atom stereocenters. The number of fused-ring (bicyclic) bond motifs is 2. The third-order valence-electron chi connectivity index (χ3n) is 5.18. The van der Waals surface area contributed by atoms with Gasteiger partial charge in [0.15, 0.2) is 0 Å². The molecule has 0 radical (unpaired) electrons. The lowest BCUT2D eigenvalue weighted by atomic mass is 10.1. The van der Waals surface area contributed by atoms with E-state index in [1.54, 1.807) is 12.3 Å². The van der Waals surface area contributed by atoms with Gasteiger partial charge in [-0.15, -0.1) is 0 Å². The number of carbonyl (C=O) groups is 1. The predicted octanol–water partition coefficient (Wildman–Crippen LogP) is 2.30. The van der Waals surface area contributed by atoms with Crippen LogP contribution in [0.3, 0.4) is 0 Å². The first kappa shape index (κ1) is 18.6. The maximum absolute atomic E-state index is 13.1. The molecule has 3 aromatic rings.